The molecule has 292 valence electrons. The van der Waals surface area contributed by atoms with Crippen LogP contribution in [0.3, 0.4) is 0 Å². The van der Waals surface area contributed by atoms with Crippen LogP contribution in [-0.4, -0.2) is 3.21 Å². The van der Waals surface area contributed by atoms with Gasteiger partial charge in [0, 0.05) is 0 Å². The van der Waals surface area contributed by atoms with Crippen molar-refractivity contribution in [2.45, 2.75) is 73.0 Å². The van der Waals surface area contributed by atoms with Crippen molar-refractivity contribution in [3.8, 4) is 0 Å². The third-order valence-corrected chi connectivity index (χ3v) is 27.7. The van der Waals surface area contributed by atoms with Gasteiger partial charge in [0.25, 0.3) is 0 Å². The summed E-state index contributed by atoms with van der Waals surface area (Å²) < 4.78 is 0.272. The molecule has 8 rings (SSSR count). The minimum absolute atomic E-state index is 0.172. The summed E-state index contributed by atoms with van der Waals surface area (Å²) in [5.74, 6) is 0.271. The molecule has 0 nitrogen and oxygen atoms in total. The molecule has 0 radical (unpaired) electrons. The van der Waals surface area contributed by atoms with Crippen LogP contribution in [-0.2, 0) is 28.9 Å². The number of rotatable bonds is 4. The van der Waals surface area contributed by atoms with Crippen LogP contribution in [0.25, 0.3) is 0 Å². The van der Waals surface area contributed by atoms with Crippen LogP contribution in [0, 0.1) is 43.8 Å². The Morgan fingerprint density at radius 3 is 1.52 bits per heavy atom. The molecule has 6 aliphatic carbocycles. The molecule has 0 amide bonds. The fourth-order valence-electron chi connectivity index (χ4n) is 13.5. The van der Waals surface area contributed by atoms with Crippen LogP contribution >= 0.6 is 69.6 Å². The molecule has 2 aromatic rings. The van der Waals surface area contributed by atoms with Crippen molar-refractivity contribution in [2.75, 3.05) is 0 Å². The molecule has 9 unspecified atom stereocenters. The Morgan fingerprint density at radius 1 is 0.589 bits per heavy atom. The quantitative estimate of drug-likeness (QED) is 0.268. The molecule has 6 aliphatic rings. The predicted molar refractivity (Wildman–Crippen MR) is 240 cm³/mol. The van der Waals surface area contributed by atoms with Crippen LogP contribution in [0.5, 0.6) is 0 Å². The average molecular weight is 943 g/mol. The zero-order chi connectivity index (χ0) is 40.5. The number of benzene rings is 2. The van der Waals surface area contributed by atoms with Gasteiger partial charge in [0.1, 0.15) is 0 Å². The molecule has 56 heavy (non-hydrogen) atoms. The monoisotopic (exact) mass is 938 g/mol. The molecule has 7 heteroatoms. The second kappa shape index (κ2) is 13.4. The molecule has 0 spiro atoms. The summed E-state index contributed by atoms with van der Waals surface area (Å²) in [5.41, 5.74) is 3.62. The van der Waals surface area contributed by atoms with Crippen molar-refractivity contribution in [1.29, 1.82) is 0 Å². The summed E-state index contributed by atoms with van der Waals surface area (Å²) in [5, 5.41) is 0. The Labute approximate surface area is 372 Å². The Bertz CT molecular complexity index is 2210. The molecule has 0 N–H and O–H groups in total. The van der Waals surface area contributed by atoms with Crippen molar-refractivity contribution in [3.05, 3.63) is 165 Å². The van der Waals surface area contributed by atoms with E-state index in [1.54, 1.807) is 3.28 Å². The van der Waals surface area contributed by atoms with Gasteiger partial charge in [-0.1, -0.05) is 0 Å². The van der Waals surface area contributed by atoms with Gasteiger partial charge in [0.05, 0.1) is 0 Å². The SMILES string of the molecule is CC1=CC=CC2[CH]([Zr]([C]3=CC=CC3)=[C](c3ccc(C(Cl)(Cl)Cl)cc3)c3ccc(C(Cl)(Cl)Cl)cc3)C3(C)C4(C)C=CC=CC4(C)C4(C)C=CC=CC4(C)C3(C)C12C. The average Bonchev–Trinajstić information content (AvgIpc) is 3.74. The van der Waals surface area contributed by atoms with Crippen molar-refractivity contribution >= 4 is 72.8 Å². The number of alkyl halides is 6. The molecule has 9 atom stereocenters. The van der Waals surface area contributed by atoms with Crippen molar-refractivity contribution in [2.24, 2.45) is 43.8 Å². The van der Waals surface area contributed by atoms with E-state index in [9.17, 15) is 0 Å². The molecular weight excluding hydrogens is 892 g/mol. The van der Waals surface area contributed by atoms with Gasteiger partial charge in [-0.05, 0) is 0 Å². The summed E-state index contributed by atoms with van der Waals surface area (Å²) in [4.78, 5) is 0. The number of allylic oxidation sites excluding steroid dienone is 16. The second-order valence-corrected chi connectivity index (χ2v) is 29.2. The van der Waals surface area contributed by atoms with Gasteiger partial charge in [-0.15, -0.1) is 0 Å². The fourth-order valence-corrected chi connectivity index (χ4v) is 25.5. The molecule has 2 fully saturated rings. The molecule has 0 aromatic heterocycles. The molecule has 0 aliphatic heterocycles. The van der Waals surface area contributed by atoms with E-state index in [1.165, 1.54) is 8.78 Å². The van der Waals surface area contributed by atoms with Gasteiger partial charge in [-0.25, -0.2) is 0 Å². The van der Waals surface area contributed by atoms with Gasteiger partial charge < -0.3 is 0 Å². The summed E-state index contributed by atoms with van der Waals surface area (Å²) in [6.45, 7) is 20.8. The molecule has 2 saturated carbocycles. The van der Waals surface area contributed by atoms with Crippen molar-refractivity contribution in [3.63, 3.8) is 0 Å². The third kappa shape index (κ3) is 5.10. The zero-order valence-electron chi connectivity index (χ0n) is 33.3. The van der Waals surface area contributed by atoms with Gasteiger partial charge in [-0.2, -0.15) is 0 Å². The summed E-state index contributed by atoms with van der Waals surface area (Å²) in [6, 6.07) is 16.7. The molecule has 0 saturated heterocycles. The third-order valence-electron chi connectivity index (χ3n) is 17.2. The van der Waals surface area contributed by atoms with E-state index < -0.39 is 28.9 Å². The van der Waals surface area contributed by atoms with Gasteiger partial charge >= 0.3 is 376 Å². The maximum absolute atomic E-state index is 6.47. The maximum atomic E-state index is 6.47. The topological polar surface area (TPSA) is 0 Å². The summed E-state index contributed by atoms with van der Waals surface area (Å²) in [6.07, 6.45) is 35.1. The molecule has 2 aromatic carbocycles. The number of halogens is 6. The van der Waals surface area contributed by atoms with Crippen LogP contribution in [0.2, 0.25) is 3.63 Å². The Kier molecular flexibility index (Phi) is 9.97. The van der Waals surface area contributed by atoms with Gasteiger partial charge in [0.2, 0.25) is 0 Å². The van der Waals surface area contributed by atoms with Gasteiger partial charge in [-0.3, -0.25) is 0 Å². The standard InChI is InChI=1S/C29H37.C15H8Cl6.C5H5.Zr/c1-21-14-13-15-22-20-27(6)25(4)18-10-9-16-23(25,2)24(3)17-11-12-19-26(24,5)29(27,8)28(21,22)7;16-14(17,18)12-5-1-10(2-6-12)9-11-3-7-13(8-4-11)15(19,20)21;1-2-4-5-3-1;/h9-20,22H,1-8H3;1-8H;1-3H,4H2;. The first kappa shape index (κ1) is 41.6. The molecular formula is C49H50Cl6Zr. The van der Waals surface area contributed by atoms with E-state index >= 15 is 0 Å². The Hall–Kier alpha value is -1.15. The van der Waals surface area contributed by atoms with E-state index in [-0.39, 0.29) is 43.8 Å². The van der Waals surface area contributed by atoms with Crippen LogP contribution in [0.15, 0.2) is 142 Å². The fraction of sp³-hybridized carbons (Fsp3) is 0.408. The van der Waals surface area contributed by atoms with Crippen LogP contribution in [0.1, 0.15) is 84.1 Å². The molecule has 0 bridgehead atoms. The Balaban J connectivity index is 1.55. The number of hydrogen-bond donors (Lipinski definition) is 0. The van der Waals surface area contributed by atoms with E-state index in [0.29, 0.717) is 14.8 Å². The zero-order valence-corrected chi connectivity index (χ0v) is 40.3. The van der Waals surface area contributed by atoms with Crippen LogP contribution in [0.4, 0.5) is 0 Å². The van der Waals surface area contributed by atoms with Crippen molar-refractivity contribution in [1.82, 2.24) is 0 Å². The molecule has 0 heterocycles. The van der Waals surface area contributed by atoms with Crippen molar-refractivity contribution < 1.29 is 21.3 Å². The second-order valence-electron chi connectivity index (χ2n) is 18.3. The summed E-state index contributed by atoms with van der Waals surface area (Å²) in [7, 11) is 0. The van der Waals surface area contributed by atoms with Crippen LogP contribution < -0.4 is 0 Å². The van der Waals surface area contributed by atoms with E-state index in [4.69, 9.17) is 69.6 Å². The van der Waals surface area contributed by atoms with E-state index in [2.05, 4.69) is 165 Å². The van der Waals surface area contributed by atoms with E-state index in [1.807, 2.05) is 24.3 Å². The first-order valence-corrected chi connectivity index (χ1v) is 25.8. The Morgan fingerprint density at radius 2 is 1.05 bits per heavy atom. The minimum atomic E-state index is -3.24. The first-order chi connectivity index (χ1) is 26.1. The van der Waals surface area contributed by atoms with Gasteiger partial charge in [0.15, 0.2) is 0 Å². The normalized spacial score (nSPS) is 39.1. The predicted octanol–water partition coefficient (Wildman–Crippen LogP) is 15.6. The first-order valence-electron chi connectivity index (χ1n) is 19.6. The summed E-state index contributed by atoms with van der Waals surface area (Å²) >= 11 is 35.6. The number of fused-ring (bicyclic) bond motifs is 8. The number of hydrogen-bond acceptors (Lipinski definition) is 0. The van der Waals surface area contributed by atoms with E-state index in [0.717, 1.165) is 17.5 Å².